The summed E-state index contributed by atoms with van der Waals surface area (Å²) in [5, 5.41) is 2.64. The minimum Gasteiger partial charge on any atom is -0.362 e. The van der Waals surface area contributed by atoms with Crippen LogP contribution in [0, 0.1) is 0 Å². The first-order valence-corrected chi connectivity index (χ1v) is 4.70. The Morgan fingerprint density at radius 2 is 2.50 bits per heavy atom. The summed E-state index contributed by atoms with van der Waals surface area (Å²) < 4.78 is 0.970. The first kappa shape index (κ1) is 9.61. The smallest absolute Gasteiger partial charge is 0.235 e. The molecule has 0 atom stereocenters. The molecule has 0 saturated carbocycles. The molecule has 3 nitrogen and oxygen atoms in total. The molecule has 0 spiro atoms. The van der Waals surface area contributed by atoms with E-state index in [4.69, 9.17) is 11.6 Å². The van der Waals surface area contributed by atoms with Crippen molar-refractivity contribution in [2.45, 2.75) is 6.54 Å². The van der Waals surface area contributed by atoms with Crippen LogP contribution < -0.4 is 5.32 Å². The van der Waals surface area contributed by atoms with Crippen molar-refractivity contribution in [1.29, 1.82) is 0 Å². The Hall–Kier alpha value is -0.480. The molecule has 1 rings (SSSR count). The number of rotatable bonds is 3. The first-order valence-electron chi connectivity index (χ1n) is 3.38. The highest BCUT2D eigenvalue weighted by molar-refractivity contribution is 9.10. The number of amides is 1. The highest BCUT2D eigenvalue weighted by Gasteiger charge is 1.99. The van der Waals surface area contributed by atoms with Gasteiger partial charge in [-0.2, -0.15) is 0 Å². The van der Waals surface area contributed by atoms with Crippen LogP contribution in [0.15, 0.2) is 16.7 Å². The van der Waals surface area contributed by atoms with Crippen molar-refractivity contribution in [1.82, 2.24) is 10.3 Å². The van der Waals surface area contributed by atoms with Crippen molar-refractivity contribution in [2.75, 3.05) is 5.88 Å². The number of aromatic amines is 1. The fourth-order valence-corrected chi connectivity index (χ4v) is 1.24. The Bertz CT molecular complexity index is 274. The third-order valence-electron chi connectivity index (χ3n) is 1.30. The molecule has 0 fully saturated rings. The number of carbonyl (C=O) groups excluding carboxylic acids is 1. The second kappa shape index (κ2) is 4.52. The molecule has 0 aliphatic carbocycles. The van der Waals surface area contributed by atoms with E-state index in [1.54, 1.807) is 0 Å². The molecular formula is C7H8BrClN2O. The van der Waals surface area contributed by atoms with Gasteiger partial charge in [0.25, 0.3) is 0 Å². The average Bonchev–Trinajstić information content (AvgIpc) is 2.47. The lowest BCUT2D eigenvalue weighted by Gasteiger charge is -1.98. The number of alkyl halides is 1. The van der Waals surface area contributed by atoms with Crippen molar-refractivity contribution in [3.05, 3.63) is 22.4 Å². The minimum absolute atomic E-state index is 0.00186. The largest absolute Gasteiger partial charge is 0.362 e. The Morgan fingerprint density at radius 1 is 1.75 bits per heavy atom. The average molecular weight is 252 g/mol. The van der Waals surface area contributed by atoms with Crippen LogP contribution in [0.2, 0.25) is 0 Å². The number of aromatic nitrogens is 1. The summed E-state index contributed by atoms with van der Waals surface area (Å²) in [6, 6.07) is 1.90. The molecule has 1 aromatic rings. The van der Waals surface area contributed by atoms with Crippen LogP contribution in [0.4, 0.5) is 0 Å². The third-order valence-corrected chi connectivity index (χ3v) is 2.01. The molecule has 1 heterocycles. The lowest BCUT2D eigenvalue weighted by Crippen LogP contribution is -2.23. The Morgan fingerprint density at radius 3 is 3.00 bits per heavy atom. The zero-order valence-corrected chi connectivity index (χ0v) is 8.58. The monoisotopic (exact) mass is 250 g/mol. The predicted octanol–water partition coefficient (Wildman–Crippen LogP) is 1.63. The molecule has 0 aromatic carbocycles. The van der Waals surface area contributed by atoms with Crippen LogP contribution in [0.3, 0.4) is 0 Å². The molecule has 0 unspecified atom stereocenters. The van der Waals surface area contributed by atoms with Crippen molar-refractivity contribution >= 4 is 33.4 Å². The molecule has 0 saturated heterocycles. The molecule has 5 heteroatoms. The standard InChI is InChI=1S/C7H8BrClN2O/c8-5-1-6(10-3-5)4-11-7(12)2-9/h1,3,10H,2,4H2,(H,11,12). The summed E-state index contributed by atoms with van der Waals surface area (Å²) in [5.41, 5.74) is 0.945. The van der Waals surface area contributed by atoms with E-state index in [1.807, 2.05) is 12.3 Å². The van der Waals surface area contributed by atoms with Gasteiger partial charge in [0, 0.05) is 16.4 Å². The summed E-state index contributed by atoms with van der Waals surface area (Å²) >= 11 is 8.58. The molecule has 0 aliphatic heterocycles. The van der Waals surface area contributed by atoms with E-state index in [9.17, 15) is 4.79 Å². The van der Waals surface area contributed by atoms with Gasteiger partial charge in [0.05, 0.1) is 6.54 Å². The highest BCUT2D eigenvalue weighted by Crippen LogP contribution is 2.09. The maximum absolute atomic E-state index is 10.7. The molecule has 0 radical (unpaired) electrons. The van der Waals surface area contributed by atoms with Crippen LogP contribution in [-0.2, 0) is 11.3 Å². The number of halogens is 2. The quantitative estimate of drug-likeness (QED) is 0.788. The van der Waals surface area contributed by atoms with Gasteiger partial charge in [0.1, 0.15) is 5.88 Å². The fourth-order valence-electron chi connectivity index (χ4n) is 0.755. The van der Waals surface area contributed by atoms with Gasteiger partial charge in [-0.25, -0.2) is 0 Å². The Labute approximate surface area is 83.6 Å². The van der Waals surface area contributed by atoms with Gasteiger partial charge < -0.3 is 10.3 Å². The molecule has 66 valence electrons. The van der Waals surface area contributed by atoms with Gasteiger partial charge in [-0.1, -0.05) is 0 Å². The Balaban J connectivity index is 2.38. The lowest BCUT2D eigenvalue weighted by molar-refractivity contribution is -0.118. The van der Waals surface area contributed by atoms with Crippen LogP contribution in [-0.4, -0.2) is 16.8 Å². The SMILES string of the molecule is O=C(CCl)NCc1cc(Br)c[nH]1. The van der Waals surface area contributed by atoms with Crippen LogP contribution in [0.25, 0.3) is 0 Å². The van der Waals surface area contributed by atoms with Crippen molar-refractivity contribution < 1.29 is 4.79 Å². The minimum atomic E-state index is -0.164. The summed E-state index contributed by atoms with van der Waals surface area (Å²) in [6.07, 6.45) is 1.81. The maximum atomic E-state index is 10.7. The van der Waals surface area contributed by atoms with Gasteiger partial charge >= 0.3 is 0 Å². The summed E-state index contributed by atoms with van der Waals surface area (Å²) in [4.78, 5) is 13.7. The van der Waals surface area contributed by atoms with Gasteiger partial charge in [0.2, 0.25) is 5.91 Å². The number of hydrogen-bond acceptors (Lipinski definition) is 1. The van der Waals surface area contributed by atoms with Crippen LogP contribution in [0.5, 0.6) is 0 Å². The van der Waals surface area contributed by atoms with Crippen molar-refractivity contribution in [3.63, 3.8) is 0 Å². The lowest BCUT2D eigenvalue weighted by atomic mass is 10.4. The molecule has 1 aromatic heterocycles. The second-order valence-corrected chi connectivity index (χ2v) is 3.44. The number of H-pyrrole nitrogens is 1. The van der Waals surface area contributed by atoms with E-state index >= 15 is 0 Å². The van der Waals surface area contributed by atoms with Crippen molar-refractivity contribution in [3.8, 4) is 0 Å². The van der Waals surface area contributed by atoms with Crippen LogP contribution >= 0.6 is 27.5 Å². The first-order chi connectivity index (χ1) is 5.72. The van der Waals surface area contributed by atoms with Gasteiger partial charge in [-0.3, -0.25) is 4.79 Å². The number of hydrogen-bond donors (Lipinski definition) is 2. The van der Waals surface area contributed by atoms with E-state index in [-0.39, 0.29) is 11.8 Å². The summed E-state index contributed by atoms with van der Waals surface area (Å²) in [7, 11) is 0. The molecular weight excluding hydrogens is 243 g/mol. The maximum Gasteiger partial charge on any atom is 0.235 e. The molecule has 1 amide bonds. The zero-order valence-electron chi connectivity index (χ0n) is 6.23. The van der Waals surface area contributed by atoms with E-state index in [0.717, 1.165) is 10.2 Å². The fraction of sp³-hybridized carbons (Fsp3) is 0.286. The molecule has 0 bridgehead atoms. The summed E-state index contributed by atoms with van der Waals surface area (Å²) in [5.74, 6) is -0.163. The topological polar surface area (TPSA) is 44.9 Å². The van der Waals surface area contributed by atoms with E-state index in [2.05, 4.69) is 26.2 Å². The van der Waals surface area contributed by atoms with E-state index in [0.29, 0.717) is 6.54 Å². The second-order valence-electron chi connectivity index (χ2n) is 2.25. The van der Waals surface area contributed by atoms with Gasteiger partial charge in [-0.05, 0) is 22.0 Å². The van der Waals surface area contributed by atoms with Gasteiger partial charge in [-0.15, -0.1) is 11.6 Å². The molecule has 12 heavy (non-hydrogen) atoms. The predicted molar refractivity (Wildman–Crippen MR) is 51.1 cm³/mol. The van der Waals surface area contributed by atoms with Crippen LogP contribution in [0.1, 0.15) is 5.69 Å². The molecule has 0 aliphatic rings. The number of carbonyl (C=O) groups is 1. The van der Waals surface area contributed by atoms with E-state index in [1.165, 1.54) is 0 Å². The third kappa shape index (κ3) is 2.87. The normalized spacial score (nSPS) is 9.83. The van der Waals surface area contributed by atoms with E-state index < -0.39 is 0 Å². The molecule has 2 N–H and O–H groups in total. The number of nitrogens with one attached hydrogen (secondary N) is 2. The summed E-state index contributed by atoms with van der Waals surface area (Å²) in [6.45, 7) is 0.483. The zero-order chi connectivity index (χ0) is 8.97. The van der Waals surface area contributed by atoms with Crippen molar-refractivity contribution in [2.24, 2.45) is 0 Å². The van der Waals surface area contributed by atoms with Gasteiger partial charge in [0.15, 0.2) is 0 Å². The highest BCUT2D eigenvalue weighted by atomic mass is 79.9. The Kier molecular flexibility index (Phi) is 3.62.